The van der Waals surface area contributed by atoms with Crippen molar-refractivity contribution < 1.29 is 0 Å². The molecule has 0 amide bonds. The molecule has 0 spiro atoms. The average molecular weight is 294 g/mol. The lowest BCUT2D eigenvalue weighted by Gasteiger charge is -2.34. The van der Waals surface area contributed by atoms with Gasteiger partial charge in [0, 0.05) is 18.0 Å². The summed E-state index contributed by atoms with van der Waals surface area (Å²) in [6.07, 6.45) is 1.08. The maximum absolute atomic E-state index is 6.08. The van der Waals surface area contributed by atoms with Crippen molar-refractivity contribution in [2.24, 2.45) is 5.73 Å². The van der Waals surface area contributed by atoms with Crippen LogP contribution in [0.1, 0.15) is 29.1 Å². The van der Waals surface area contributed by atoms with Gasteiger partial charge in [-0.3, -0.25) is 0 Å². The second-order valence-corrected chi connectivity index (χ2v) is 6.13. The topological polar surface area (TPSA) is 42.1 Å². The number of thiophene rings is 1. The van der Waals surface area contributed by atoms with E-state index in [2.05, 4.69) is 28.3 Å². The maximum atomic E-state index is 6.08. The number of nitrogens with two attached hydrogens (primary N) is 1. The van der Waals surface area contributed by atoms with Crippen LogP contribution in [0.2, 0.25) is 5.02 Å². The highest BCUT2D eigenvalue weighted by molar-refractivity contribution is 7.10. The normalized spacial score (nSPS) is 18.5. The van der Waals surface area contributed by atoms with Crippen LogP contribution < -0.4 is 10.6 Å². The van der Waals surface area contributed by atoms with Gasteiger partial charge < -0.3 is 10.6 Å². The summed E-state index contributed by atoms with van der Waals surface area (Å²) in [5.74, 6) is 0.967. The molecule has 1 aliphatic rings. The molecule has 2 aromatic rings. The van der Waals surface area contributed by atoms with Crippen molar-refractivity contribution in [3.05, 3.63) is 44.7 Å². The van der Waals surface area contributed by atoms with Crippen LogP contribution in [-0.4, -0.2) is 11.5 Å². The summed E-state index contributed by atoms with van der Waals surface area (Å²) >= 11 is 7.92. The SMILES string of the molecule is CC1c2ccsc2CCN1c1ccc(Cl)c(CN)n1. The molecule has 5 heteroatoms. The molecule has 100 valence electrons. The summed E-state index contributed by atoms with van der Waals surface area (Å²) in [6.45, 7) is 3.59. The predicted octanol–water partition coefficient (Wildman–Crippen LogP) is 3.38. The Balaban J connectivity index is 1.95. The minimum Gasteiger partial charge on any atom is -0.349 e. The number of hydrogen-bond acceptors (Lipinski definition) is 4. The van der Waals surface area contributed by atoms with Gasteiger partial charge in [0.15, 0.2) is 0 Å². The van der Waals surface area contributed by atoms with Crippen LogP contribution in [-0.2, 0) is 13.0 Å². The molecule has 3 heterocycles. The van der Waals surface area contributed by atoms with Crippen LogP contribution in [0.15, 0.2) is 23.6 Å². The molecule has 1 unspecified atom stereocenters. The molecular formula is C14H16ClN3S. The van der Waals surface area contributed by atoms with E-state index in [1.807, 2.05) is 23.5 Å². The first kappa shape index (κ1) is 12.9. The van der Waals surface area contributed by atoms with Crippen LogP contribution in [0.25, 0.3) is 0 Å². The fourth-order valence-corrected chi connectivity index (χ4v) is 3.74. The molecule has 0 fully saturated rings. The highest BCUT2D eigenvalue weighted by Crippen LogP contribution is 2.35. The number of nitrogens with zero attached hydrogens (tertiary/aromatic N) is 2. The molecule has 0 bridgehead atoms. The van der Waals surface area contributed by atoms with Gasteiger partial charge in [-0.2, -0.15) is 0 Å². The predicted molar refractivity (Wildman–Crippen MR) is 80.9 cm³/mol. The Bertz CT molecular complexity index is 596. The van der Waals surface area contributed by atoms with Gasteiger partial charge in [-0.1, -0.05) is 11.6 Å². The van der Waals surface area contributed by atoms with E-state index < -0.39 is 0 Å². The van der Waals surface area contributed by atoms with Gasteiger partial charge in [-0.15, -0.1) is 11.3 Å². The molecular weight excluding hydrogens is 278 g/mol. The molecule has 0 aromatic carbocycles. The lowest BCUT2D eigenvalue weighted by molar-refractivity contribution is 0.623. The third kappa shape index (κ3) is 2.24. The van der Waals surface area contributed by atoms with Crippen molar-refractivity contribution in [1.82, 2.24) is 4.98 Å². The van der Waals surface area contributed by atoms with Crippen molar-refractivity contribution in [3.63, 3.8) is 0 Å². The quantitative estimate of drug-likeness (QED) is 0.923. The number of pyridine rings is 1. The van der Waals surface area contributed by atoms with Gasteiger partial charge in [-0.25, -0.2) is 4.98 Å². The zero-order valence-corrected chi connectivity index (χ0v) is 12.3. The van der Waals surface area contributed by atoms with Crippen molar-refractivity contribution in [2.45, 2.75) is 25.9 Å². The second kappa shape index (κ2) is 5.12. The molecule has 0 aliphatic carbocycles. The molecule has 3 rings (SSSR count). The summed E-state index contributed by atoms with van der Waals surface area (Å²) in [5.41, 5.74) is 7.86. The Morgan fingerprint density at radius 1 is 1.47 bits per heavy atom. The Morgan fingerprint density at radius 2 is 2.32 bits per heavy atom. The van der Waals surface area contributed by atoms with Gasteiger partial charge in [0.05, 0.1) is 16.8 Å². The van der Waals surface area contributed by atoms with Crippen molar-refractivity contribution in [3.8, 4) is 0 Å². The van der Waals surface area contributed by atoms with E-state index in [1.165, 1.54) is 10.4 Å². The van der Waals surface area contributed by atoms with E-state index in [9.17, 15) is 0 Å². The number of halogens is 1. The average Bonchev–Trinajstić information content (AvgIpc) is 2.89. The summed E-state index contributed by atoms with van der Waals surface area (Å²) < 4.78 is 0. The summed E-state index contributed by atoms with van der Waals surface area (Å²) in [6, 6.07) is 6.45. The molecule has 19 heavy (non-hydrogen) atoms. The Labute approximate surface area is 122 Å². The number of rotatable bonds is 2. The van der Waals surface area contributed by atoms with Crippen LogP contribution in [0, 0.1) is 0 Å². The molecule has 3 nitrogen and oxygen atoms in total. The van der Waals surface area contributed by atoms with E-state index in [0.717, 1.165) is 24.5 Å². The van der Waals surface area contributed by atoms with Gasteiger partial charge >= 0.3 is 0 Å². The number of aromatic nitrogens is 1. The van der Waals surface area contributed by atoms with Gasteiger partial charge in [0.2, 0.25) is 0 Å². The van der Waals surface area contributed by atoms with Crippen LogP contribution >= 0.6 is 22.9 Å². The van der Waals surface area contributed by atoms with Crippen molar-refractivity contribution in [2.75, 3.05) is 11.4 Å². The Morgan fingerprint density at radius 3 is 3.11 bits per heavy atom. The highest BCUT2D eigenvalue weighted by Gasteiger charge is 2.25. The molecule has 1 atom stereocenters. The molecule has 0 saturated carbocycles. The fourth-order valence-electron chi connectivity index (χ4n) is 2.60. The molecule has 2 aromatic heterocycles. The summed E-state index contributed by atoms with van der Waals surface area (Å²) in [5, 5.41) is 2.82. The first-order valence-corrected chi connectivity index (χ1v) is 7.65. The minimum absolute atomic E-state index is 0.356. The Kier molecular flexibility index (Phi) is 3.48. The molecule has 0 saturated heterocycles. The van der Waals surface area contributed by atoms with E-state index in [1.54, 1.807) is 0 Å². The smallest absolute Gasteiger partial charge is 0.129 e. The number of anilines is 1. The van der Waals surface area contributed by atoms with Crippen molar-refractivity contribution >= 4 is 28.8 Å². The first-order chi connectivity index (χ1) is 9.20. The molecule has 2 N–H and O–H groups in total. The van der Waals surface area contributed by atoms with E-state index in [4.69, 9.17) is 17.3 Å². The lowest BCUT2D eigenvalue weighted by atomic mass is 10.0. The van der Waals surface area contributed by atoms with Crippen LogP contribution in [0.5, 0.6) is 0 Å². The standard InChI is InChI=1S/C14H16ClN3S/c1-9-10-5-7-19-13(10)4-6-18(9)14-3-2-11(15)12(8-16)17-14/h2-3,5,7,9H,4,6,8,16H2,1H3. The summed E-state index contributed by atoms with van der Waals surface area (Å²) in [4.78, 5) is 8.42. The van der Waals surface area contributed by atoms with Crippen LogP contribution in [0.4, 0.5) is 5.82 Å². The van der Waals surface area contributed by atoms with E-state index in [0.29, 0.717) is 17.6 Å². The third-order valence-electron chi connectivity index (χ3n) is 3.67. The lowest BCUT2D eigenvalue weighted by Crippen LogP contribution is -2.33. The van der Waals surface area contributed by atoms with Crippen LogP contribution in [0.3, 0.4) is 0 Å². The van der Waals surface area contributed by atoms with Gasteiger partial charge in [0.1, 0.15) is 5.82 Å². The number of fused-ring (bicyclic) bond motifs is 1. The number of hydrogen-bond donors (Lipinski definition) is 1. The third-order valence-corrected chi connectivity index (χ3v) is 5.01. The fraction of sp³-hybridized carbons (Fsp3) is 0.357. The zero-order valence-electron chi connectivity index (χ0n) is 10.8. The maximum Gasteiger partial charge on any atom is 0.129 e. The van der Waals surface area contributed by atoms with Gasteiger partial charge in [0.25, 0.3) is 0 Å². The monoisotopic (exact) mass is 293 g/mol. The molecule has 1 aliphatic heterocycles. The highest BCUT2D eigenvalue weighted by atomic mass is 35.5. The minimum atomic E-state index is 0.356. The molecule has 0 radical (unpaired) electrons. The zero-order chi connectivity index (χ0) is 13.4. The van der Waals surface area contributed by atoms with E-state index in [-0.39, 0.29) is 0 Å². The van der Waals surface area contributed by atoms with Gasteiger partial charge in [-0.05, 0) is 42.5 Å². The van der Waals surface area contributed by atoms with Crippen molar-refractivity contribution in [1.29, 1.82) is 0 Å². The Hall–Kier alpha value is -1.10. The second-order valence-electron chi connectivity index (χ2n) is 4.72. The summed E-state index contributed by atoms with van der Waals surface area (Å²) in [7, 11) is 0. The largest absolute Gasteiger partial charge is 0.349 e. The first-order valence-electron chi connectivity index (χ1n) is 6.39. The van der Waals surface area contributed by atoms with E-state index >= 15 is 0 Å².